The Morgan fingerprint density at radius 3 is 2.92 bits per heavy atom. The molecule has 1 atom stereocenters. The number of H-pyrrole nitrogens is 1. The van der Waals surface area contributed by atoms with Crippen molar-refractivity contribution in [3.05, 3.63) is 53.3 Å². The zero-order valence-corrected chi connectivity index (χ0v) is 14.0. The molecule has 0 radical (unpaired) electrons. The zero-order valence-electron chi connectivity index (χ0n) is 14.0. The van der Waals surface area contributed by atoms with Gasteiger partial charge in [0.05, 0.1) is 24.2 Å². The standard InChI is InChI=1S/C17H20N6O/c1-5-6-23-9-10(8-20-23)12-11(7-18)15(19)24-16-13(12)14(21-22-16)17(2,3)4/h5,8-9,12H,1,6,19H2,2-4H3,(H,21,22)/t12-/m1/s1. The highest BCUT2D eigenvalue weighted by atomic mass is 16.5. The number of ether oxygens (including phenoxy) is 1. The van der Waals surface area contributed by atoms with E-state index in [-0.39, 0.29) is 17.2 Å². The number of hydrogen-bond acceptors (Lipinski definition) is 5. The van der Waals surface area contributed by atoms with Crippen molar-refractivity contribution in [1.82, 2.24) is 20.0 Å². The minimum Gasteiger partial charge on any atom is -0.420 e. The zero-order chi connectivity index (χ0) is 17.5. The van der Waals surface area contributed by atoms with Crippen LogP contribution >= 0.6 is 0 Å². The molecule has 0 aliphatic carbocycles. The fourth-order valence-corrected chi connectivity index (χ4v) is 2.91. The van der Waals surface area contributed by atoms with Crippen molar-refractivity contribution in [2.45, 2.75) is 38.6 Å². The van der Waals surface area contributed by atoms with Gasteiger partial charge in [-0.05, 0) is 0 Å². The van der Waals surface area contributed by atoms with Crippen LogP contribution in [0.5, 0.6) is 5.88 Å². The number of nitriles is 1. The summed E-state index contributed by atoms with van der Waals surface area (Å²) >= 11 is 0. The highest BCUT2D eigenvalue weighted by Gasteiger charge is 2.38. The molecule has 0 bridgehead atoms. The number of nitrogens with zero attached hydrogens (tertiary/aromatic N) is 4. The molecule has 124 valence electrons. The number of aromatic amines is 1. The first-order valence-electron chi connectivity index (χ1n) is 7.66. The summed E-state index contributed by atoms with van der Waals surface area (Å²) in [7, 11) is 0. The van der Waals surface area contributed by atoms with E-state index in [9.17, 15) is 5.26 Å². The average Bonchev–Trinajstić information content (AvgIpc) is 3.12. The minimum atomic E-state index is -0.356. The molecule has 0 saturated carbocycles. The second kappa shape index (κ2) is 5.57. The van der Waals surface area contributed by atoms with E-state index in [1.807, 2.05) is 6.20 Å². The minimum absolute atomic E-state index is 0.0819. The van der Waals surface area contributed by atoms with Gasteiger partial charge in [0.2, 0.25) is 11.8 Å². The summed E-state index contributed by atoms with van der Waals surface area (Å²) in [5.41, 5.74) is 8.76. The molecule has 0 amide bonds. The molecule has 3 N–H and O–H groups in total. The van der Waals surface area contributed by atoms with E-state index < -0.39 is 0 Å². The van der Waals surface area contributed by atoms with Crippen molar-refractivity contribution in [3.63, 3.8) is 0 Å². The van der Waals surface area contributed by atoms with Gasteiger partial charge in [-0.3, -0.25) is 9.78 Å². The molecule has 0 aromatic carbocycles. The monoisotopic (exact) mass is 324 g/mol. The average molecular weight is 324 g/mol. The number of allylic oxidation sites excluding steroid dienone is 2. The maximum atomic E-state index is 9.62. The lowest BCUT2D eigenvalue weighted by Gasteiger charge is -2.26. The number of fused-ring (bicyclic) bond motifs is 1. The van der Waals surface area contributed by atoms with Crippen LogP contribution in [0.4, 0.5) is 0 Å². The Hall–Kier alpha value is -3.01. The summed E-state index contributed by atoms with van der Waals surface area (Å²) in [6.45, 7) is 10.5. The third kappa shape index (κ3) is 2.46. The van der Waals surface area contributed by atoms with E-state index in [1.54, 1.807) is 17.0 Å². The fourth-order valence-electron chi connectivity index (χ4n) is 2.91. The summed E-state index contributed by atoms with van der Waals surface area (Å²) in [5.74, 6) is 0.140. The summed E-state index contributed by atoms with van der Waals surface area (Å²) in [4.78, 5) is 0. The SMILES string of the molecule is C=CCn1cc([C@@H]2C(C#N)=C(N)Oc3n[nH]c(C(C)(C)C)c32)cn1. The molecular formula is C17H20N6O. The Balaban J connectivity index is 2.20. The third-order valence-electron chi connectivity index (χ3n) is 3.99. The van der Waals surface area contributed by atoms with Gasteiger partial charge >= 0.3 is 0 Å². The molecule has 0 spiro atoms. The van der Waals surface area contributed by atoms with E-state index in [0.29, 0.717) is 18.0 Å². The van der Waals surface area contributed by atoms with E-state index >= 15 is 0 Å². The Morgan fingerprint density at radius 1 is 1.54 bits per heavy atom. The molecule has 0 saturated heterocycles. The van der Waals surface area contributed by atoms with Crippen LogP contribution in [-0.4, -0.2) is 20.0 Å². The summed E-state index contributed by atoms with van der Waals surface area (Å²) < 4.78 is 7.33. The Kier molecular flexibility index (Phi) is 3.68. The number of aromatic nitrogens is 4. The van der Waals surface area contributed by atoms with Gasteiger partial charge in [-0.1, -0.05) is 26.8 Å². The number of hydrogen-bond donors (Lipinski definition) is 2. The van der Waals surface area contributed by atoms with Crippen LogP contribution in [0.3, 0.4) is 0 Å². The molecule has 3 heterocycles. The number of rotatable bonds is 3. The van der Waals surface area contributed by atoms with Crippen molar-refractivity contribution in [2.75, 3.05) is 0 Å². The summed E-state index contributed by atoms with van der Waals surface area (Å²) in [5, 5.41) is 21.2. The van der Waals surface area contributed by atoms with Crippen molar-refractivity contribution < 1.29 is 4.74 Å². The molecule has 2 aromatic rings. The fraction of sp³-hybridized carbons (Fsp3) is 0.353. The van der Waals surface area contributed by atoms with Gasteiger partial charge in [0.15, 0.2) is 0 Å². The maximum absolute atomic E-state index is 9.62. The van der Waals surface area contributed by atoms with Gasteiger partial charge in [-0.15, -0.1) is 11.7 Å². The lowest BCUT2D eigenvalue weighted by molar-refractivity contribution is 0.378. The van der Waals surface area contributed by atoms with Crippen LogP contribution in [0.1, 0.15) is 43.5 Å². The predicted octanol–water partition coefficient (Wildman–Crippen LogP) is 2.31. The molecular weight excluding hydrogens is 304 g/mol. The molecule has 24 heavy (non-hydrogen) atoms. The maximum Gasteiger partial charge on any atom is 0.244 e. The molecule has 7 nitrogen and oxygen atoms in total. The van der Waals surface area contributed by atoms with Gasteiger partial charge in [0.25, 0.3) is 0 Å². The molecule has 1 aliphatic heterocycles. The van der Waals surface area contributed by atoms with Crippen LogP contribution in [0.2, 0.25) is 0 Å². The summed E-state index contributed by atoms with van der Waals surface area (Å²) in [6.07, 6.45) is 5.40. The second-order valence-corrected chi connectivity index (χ2v) is 6.78. The normalized spacial score (nSPS) is 17.2. The van der Waals surface area contributed by atoms with Gasteiger partial charge in [-0.2, -0.15) is 10.4 Å². The smallest absolute Gasteiger partial charge is 0.244 e. The highest BCUT2D eigenvalue weighted by Crippen LogP contribution is 2.45. The van der Waals surface area contributed by atoms with Gasteiger partial charge in [-0.25, -0.2) is 0 Å². The topological polar surface area (TPSA) is 106 Å². The lowest BCUT2D eigenvalue weighted by Crippen LogP contribution is -2.23. The van der Waals surface area contributed by atoms with Crippen molar-refractivity contribution in [3.8, 4) is 11.9 Å². The molecule has 0 fully saturated rings. The van der Waals surface area contributed by atoms with Crippen LogP contribution < -0.4 is 10.5 Å². The Morgan fingerprint density at radius 2 is 2.29 bits per heavy atom. The molecule has 7 heteroatoms. The number of nitrogens with two attached hydrogens (primary N) is 1. The van der Waals surface area contributed by atoms with Crippen molar-refractivity contribution in [2.24, 2.45) is 5.73 Å². The lowest BCUT2D eigenvalue weighted by atomic mass is 9.79. The van der Waals surface area contributed by atoms with E-state index in [1.165, 1.54) is 0 Å². The van der Waals surface area contributed by atoms with Gasteiger partial charge < -0.3 is 10.5 Å². The largest absolute Gasteiger partial charge is 0.420 e. The van der Waals surface area contributed by atoms with E-state index in [0.717, 1.165) is 16.8 Å². The van der Waals surface area contributed by atoms with Crippen LogP contribution in [0.25, 0.3) is 0 Å². The van der Waals surface area contributed by atoms with Crippen LogP contribution in [0.15, 0.2) is 36.5 Å². The first kappa shape index (κ1) is 15.9. The van der Waals surface area contributed by atoms with E-state index in [2.05, 4.69) is 48.7 Å². The predicted molar refractivity (Wildman–Crippen MR) is 89.0 cm³/mol. The van der Waals surface area contributed by atoms with Crippen LogP contribution in [-0.2, 0) is 12.0 Å². The van der Waals surface area contributed by atoms with Crippen molar-refractivity contribution in [1.29, 1.82) is 5.26 Å². The summed E-state index contributed by atoms with van der Waals surface area (Å²) in [6, 6.07) is 2.18. The third-order valence-corrected chi connectivity index (χ3v) is 3.99. The van der Waals surface area contributed by atoms with E-state index in [4.69, 9.17) is 10.5 Å². The molecule has 3 rings (SSSR count). The molecule has 1 aliphatic rings. The van der Waals surface area contributed by atoms with Crippen molar-refractivity contribution >= 4 is 0 Å². The molecule has 0 unspecified atom stereocenters. The van der Waals surface area contributed by atoms with Gasteiger partial charge in [0, 0.05) is 22.9 Å². The number of nitrogens with one attached hydrogen (secondary N) is 1. The molecule has 2 aromatic heterocycles. The Labute approximate surface area is 140 Å². The first-order chi connectivity index (χ1) is 11.4. The van der Waals surface area contributed by atoms with Crippen LogP contribution in [0, 0.1) is 11.3 Å². The first-order valence-corrected chi connectivity index (χ1v) is 7.66. The second-order valence-electron chi connectivity index (χ2n) is 6.78. The highest BCUT2D eigenvalue weighted by molar-refractivity contribution is 5.55. The quantitative estimate of drug-likeness (QED) is 0.843. The Bertz CT molecular complexity index is 859. The van der Waals surface area contributed by atoms with Gasteiger partial charge in [0.1, 0.15) is 11.6 Å².